The van der Waals surface area contributed by atoms with Crippen LogP contribution in [0.1, 0.15) is 0 Å². The molecule has 2 aromatic heterocycles. The molecule has 12 aromatic rings. The molecule has 10 aromatic carbocycles. The minimum Gasteiger partial charge on any atom is -0.309 e. The molecule has 0 spiro atoms. The quantitative estimate of drug-likeness (QED) is 0.152. The Bertz CT molecular complexity index is 3500. The van der Waals surface area contributed by atoms with Gasteiger partial charge in [0.2, 0.25) is 0 Å². The zero-order valence-electron chi connectivity index (χ0n) is 34.0. The highest BCUT2D eigenvalue weighted by molar-refractivity contribution is 6.12. The SMILES string of the molecule is c1ccc(-c2cccc(-c3ccccc3)c2-c2c(-c3ccccc3)cccc2-c2cccc(-n3c4ccccc4c4cc(-n5c6ccccc6c6ccccc65)ccc43)c2)cc1. The van der Waals surface area contributed by atoms with Crippen molar-refractivity contribution in [2.45, 2.75) is 0 Å². The Morgan fingerprint density at radius 3 is 1.02 bits per heavy atom. The van der Waals surface area contributed by atoms with Crippen molar-refractivity contribution < 1.29 is 0 Å². The number of benzene rings is 10. The topological polar surface area (TPSA) is 9.86 Å². The summed E-state index contributed by atoms with van der Waals surface area (Å²) in [5, 5.41) is 4.98. The van der Waals surface area contributed by atoms with Crippen LogP contribution in [0.25, 0.3) is 111 Å². The number of rotatable bonds is 7. The predicted molar refractivity (Wildman–Crippen MR) is 262 cm³/mol. The van der Waals surface area contributed by atoms with Crippen LogP contribution in [0.3, 0.4) is 0 Å². The maximum atomic E-state index is 2.44. The van der Waals surface area contributed by atoms with Crippen molar-refractivity contribution in [2.75, 3.05) is 0 Å². The third kappa shape index (κ3) is 5.80. The average molecular weight is 789 g/mol. The van der Waals surface area contributed by atoms with Crippen molar-refractivity contribution in [1.29, 1.82) is 0 Å². The lowest BCUT2D eigenvalue weighted by atomic mass is 9.81. The van der Waals surface area contributed by atoms with Gasteiger partial charge < -0.3 is 9.13 Å². The summed E-state index contributed by atoms with van der Waals surface area (Å²) in [6.07, 6.45) is 0. The highest BCUT2D eigenvalue weighted by Crippen LogP contribution is 2.48. The Morgan fingerprint density at radius 1 is 0.210 bits per heavy atom. The first kappa shape index (κ1) is 35.7. The van der Waals surface area contributed by atoms with Crippen LogP contribution in [0.4, 0.5) is 0 Å². The molecule has 62 heavy (non-hydrogen) atoms. The van der Waals surface area contributed by atoms with Gasteiger partial charge in [-0.05, 0) is 104 Å². The van der Waals surface area contributed by atoms with Gasteiger partial charge in [0.1, 0.15) is 0 Å². The molecule has 0 aliphatic carbocycles. The van der Waals surface area contributed by atoms with Crippen LogP contribution in [0.2, 0.25) is 0 Å². The predicted octanol–water partition coefficient (Wildman–Crippen LogP) is 16.2. The summed E-state index contributed by atoms with van der Waals surface area (Å²) in [6, 6.07) is 88.5. The molecule has 0 bridgehead atoms. The number of hydrogen-bond donors (Lipinski definition) is 0. The Labute approximate surface area is 360 Å². The van der Waals surface area contributed by atoms with E-state index in [1.807, 2.05) is 0 Å². The van der Waals surface area contributed by atoms with Gasteiger partial charge in [-0.3, -0.25) is 0 Å². The van der Waals surface area contributed by atoms with Crippen LogP contribution >= 0.6 is 0 Å². The summed E-state index contributed by atoms with van der Waals surface area (Å²) in [5.74, 6) is 0. The summed E-state index contributed by atoms with van der Waals surface area (Å²) in [7, 11) is 0. The molecule has 0 fully saturated rings. The molecule has 0 aliphatic heterocycles. The fourth-order valence-corrected chi connectivity index (χ4v) is 9.85. The molecular formula is C60H40N2. The number of fused-ring (bicyclic) bond motifs is 6. The number of para-hydroxylation sites is 3. The van der Waals surface area contributed by atoms with Crippen molar-refractivity contribution in [3.63, 3.8) is 0 Å². The molecule has 2 nitrogen and oxygen atoms in total. The highest BCUT2D eigenvalue weighted by atomic mass is 15.0. The Morgan fingerprint density at radius 2 is 0.548 bits per heavy atom. The molecular weight excluding hydrogens is 749 g/mol. The van der Waals surface area contributed by atoms with E-state index < -0.39 is 0 Å². The Balaban J connectivity index is 1.10. The van der Waals surface area contributed by atoms with Gasteiger partial charge in [-0.25, -0.2) is 0 Å². The van der Waals surface area contributed by atoms with Crippen molar-refractivity contribution in [3.8, 4) is 67.0 Å². The largest absolute Gasteiger partial charge is 0.309 e. The third-order valence-electron chi connectivity index (χ3n) is 12.5. The normalized spacial score (nSPS) is 11.5. The molecule has 12 rings (SSSR count). The average Bonchev–Trinajstić information content (AvgIpc) is 3.87. The third-order valence-corrected chi connectivity index (χ3v) is 12.5. The molecule has 0 saturated carbocycles. The van der Waals surface area contributed by atoms with Gasteiger partial charge in [0.05, 0.1) is 22.1 Å². The maximum Gasteiger partial charge on any atom is 0.0542 e. The van der Waals surface area contributed by atoms with E-state index in [2.05, 4.69) is 252 Å². The molecule has 0 unspecified atom stereocenters. The van der Waals surface area contributed by atoms with Crippen molar-refractivity contribution in [1.82, 2.24) is 9.13 Å². The molecule has 0 aliphatic rings. The number of hydrogen-bond acceptors (Lipinski definition) is 0. The second-order valence-corrected chi connectivity index (χ2v) is 16.0. The van der Waals surface area contributed by atoms with Crippen molar-refractivity contribution in [2.24, 2.45) is 0 Å². The lowest BCUT2D eigenvalue weighted by molar-refractivity contribution is 1.17. The summed E-state index contributed by atoms with van der Waals surface area (Å²) in [5.41, 5.74) is 19.0. The van der Waals surface area contributed by atoms with Gasteiger partial charge in [0.15, 0.2) is 0 Å². The lowest BCUT2D eigenvalue weighted by Crippen LogP contribution is -1.98. The lowest BCUT2D eigenvalue weighted by Gasteiger charge is -2.23. The monoisotopic (exact) mass is 788 g/mol. The van der Waals surface area contributed by atoms with Crippen LogP contribution in [-0.4, -0.2) is 9.13 Å². The van der Waals surface area contributed by atoms with E-state index in [9.17, 15) is 0 Å². The molecule has 0 atom stereocenters. The summed E-state index contributed by atoms with van der Waals surface area (Å²) in [4.78, 5) is 0. The highest BCUT2D eigenvalue weighted by Gasteiger charge is 2.23. The van der Waals surface area contributed by atoms with Crippen LogP contribution < -0.4 is 0 Å². The van der Waals surface area contributed by atoms with Crippen molar-refractivity contribution in [3.05, 3.63) is 243 Å². The van der Waals surface area contributed by atoms with Crippen LogP contribution in [0.15, 0.2) is 243 Å². The molecule has 0 N–H and O–H groups in total. The van der Waals surface area contributed by atoms with E-state index in [0.717, 1.165) is 16.9 Å². The van der Waals surface area contributed by atoms with Gasteiger partial charge in [-0.15, -0.1) is 0 Å². The van der Waals surface area contributed by atoms with E-state index >= 15 is 0 Å². The first-order valence-corrected chi connectivity index (χ1v) is 21.4. The van der Waals surface area contributed by atoms with E-state index in [4.69, 9.17) is 0 Å². The smallest absolute Gasteiger partial charge is 0.0542 e. The minimum absolute atomic E-state index is 1.12. The molecule has 2 heteroatoms. The summed E-state index contributed by atoms with van der Waals surface area (Å²) >= 11 is 0. The fourth-order valence-electron chi connectivity index (χ4n) is 9.85. The van der Waals surface area contributed by atoms with Crippen LogP contribution in [0, 0.1) is 0 Å². The van der Waals surface area contributed by atoms with E-state index in [1.165, 1.54) is 93.7 Å². The van der Waals surface area contributed by atoms with Crippen LogP contribution in [0.5, 0.6) is 0 Å². The molecule has 0 saturated heterocycles. The molecule has 2 heterocycles. The van der Waals surface area contributed by atoms with Gasteiger partial charge in [0.25, 0.3) is 0 Å². The second kappa shape index (κ2) is 14.8. The van der Waals surface area contributed by atoms with Gasteiger partial charge in [-0.2, -0.15) is 0 Å². The fraction of sp³-hybridized carbons (Fsp3) is 0. The Hall–Kier alpha value is -8.20. The standard InChI is InChI=1S/C60H40N2/c1-4-19-41(20-5-1)47-30-17-31-48(42-21-6-2-7-22-42)59(47)60-49(43-23-8-3-9-24-43)32-18-33-50(60)44-25-16-26-45(39-44)61-57-36-15-12-29-53(57)54-40-46(37-38-58(54)61)62-55-34-13-10-27-51(55)52-28-11-14-35-56(52)62/h1-40H. The van der Waals surface area contributed by atoms with Gasteiger partial charge in [0, 0.05) is 32.9 Å². The second-order valence-electron chi connectivity index (χ2n) is 16.0. The van der Waals surface area contributed by atoms with E-state index in [1.54, 1.807) is 0 Å². The van der Waals surface area contributed by atoms with Crippen LogP contribution in [-0.2, 0) is 0 Å². The first-order chi connectivity index (χ1) is 30.8. The number of nitrogens with zero attached hydrogens (tertiary/aromatic N) is 2. The van der Waals surface area contributed by atoms with Crippen molar-refractivity contribution >= 4 is 43.6 Å². The molecule has 0 amide bonds. The first-order valence-electron chi connectivity index (χ1n) is 21.4. The number of aromatic nitrogens is 2. The molecule has 290 valence electrons. The molecule has 0 radical (unpaired) electrons. The van der Waals surface area contributed by atoms with Gasteiger partial charge in [-0.1, -0.05) is 194 Å². The Kier molecular flexibility index (Phi) is 8.53. The summed E-state index contributed by atoms with van der Waals surface area (Å²) in [6.45, 7) is 0. The van der Waals surface area contributed by atoms with Gasteiger partial charge >= 0.3 is 0 Å². The summed E-state index contributed by atoms with van der Waals surface area (Å²) < 4.78 is 4.85. The zero-order chi connectivity index (χ0) is 41.0. The van der Waals surface area contributed by atoms with E-state index in [-0.39, 0.29) is 0 Å². The maximum absolute atomic E-state index is 2.44. The zero-order valence-corrected chi connectivity index (χ0v) is 34.0. The van der Waals surface area contributed by atoms with E-state index in [0.29, 0.717) is 0 Å². The minimum atomic E-state index is 1.12.